The first-order valence-electron chi connectivity index (χ1n) is 9.74. The third-order valence-corrected chi connectivity index (χ3v) is 6.29. The van der Waals surface area contributed by atoms with Gasteiger partial charge in [0, 0.05) is 0 Å². The molecule has 0 spiro atoms. The van der Waals surface area contributed by atoms with Gasteiger partial charge in [0.25, 0.3) is 0 Å². The molecule has 0 aliphatic heterocycles. The van der Waals surface area contributed by atoms with Crippen LogP contribution in [0.15, 0.2) is 97.1 Å². The Morgan fingerprint density at radius 1 is 0.448 bits per heavy atom. The number of benzene rings is 5. The minimum Gasteiger partial charge on any atom is -0.508 e. The molecule has 29 heavy (non-hydrogen) atoms. The number of phenols is 2. The molecule has 0 bridgehead atoms. The lowest BCUT2D eigenvalue weighted by atomic mass is 9.67. The first-order valence-corrected chi connectivity index (χ1v) is 9.74. The topological polar surface area (TPSA) is 40.5 Å². The van der Waals surface area contributed by atoms with Crippen molar-refractivity contribution < 1.29 is 10.2 Å². The summed E-state index contributed by atoms with van der Waals surface area (Å²) < 4.78 is 0. The predicted octanol–water partition coefficient (Wildman–Crippen LogP) is 6.10. The zero-order valence-corrected chi connectivity index (χ0v) is 15.6. The molecule has 0 aromatic heterocycles. The van der Waals surface area contributed by atoms with Crippen LogP contribution in [-0.2, 0) is 5.41 Å². The molecular weight excluding hydrogens is 356 g/mol. The van der Waals surface area contributed by atoms with Crippen LogP contribution >= 0.6 is 0 Å². The average molecular weight is 374 g/mol. The van der Waals surface area contributed by atoms with Crippen molar-refractivity contribution in [3.05, 3.63) is 119 Å². The molecule has 2 N–H and O–H groups in total. The highest BCUT2D eigenvalue weighted by atomic mass is 16.3. The van der Waals surface area contributed by atoms with E-state index < -0.39 is 5.41 Å². The highest BCUT2D eigenvalue weighted by molar-refractivity contribution is 6.16. The first-order chi connectivity index (χ1) is 14.2. The van der Waals surface area contributed by atoms with Crippen molar-refractivity contribution in [2.24, 2.45) is 0 Å². The summed E-state index contributed by atoms with van der Waals surface area (Å²) in [6.45, 7) is 0. The summed E-state index contributed by atoms with van der Waals surface area (Å²) in [5, 5.41) is 24.9. The molecule has 2 nitrogen and oxygen atoms in total. The van der Waals surface area contributed by atoms with E-state index >= 15 is 0 Å². The van der Waals surface area contributed by atoms with Crippen molar-refractivity contribution in [3.8, 4) is 11.5 Å². The second-order valence-corrected chi connectivity index (χ2v) is 7.72. The Balaban J connectivity index is 1.85. The van der Waals surface area contributed by atoms with E-state index in [0.717, 1.165) is 11.1 Å². The third kappa shape index (κ3) is 2.01. The van der Waals surface area contributed by atoms with Crippen molar-refractivity contribution in [3.63, 3.8) is 0 Å². The molecule has 0 amide bonds. The zero-order chi connectivity index (χ0) is 19.6. The molecule has 0 atom stereocenters. The van der Waals surface area contributed by atoms with Gasteiger partial charge in [0.05, 0.1) is 5.41 Å². The highest BCUT2D eigenvalue weighted by Gasteiger charge is 2.44. The fourth-order valence-corrected chi connectivity index (χ4v) is 5.14. The Morgan fingerprint density at radius 3 is 1.28 bits per heavy atom. The Kier molecular flexibility index (Phi) is 3.14. The van der Waals surface area contributed by atoms with Crippen molar-refractivity contribution in [2.45, 2.75) is 5.41 Å². The standard InChI is InChI=1S/C27H18O2/c28-21-13-9-19(10-14-21)27(20-11-15-22(29)16-12-20)23-5-1-3-17-7-8-18-4-2-6-24(27)26(18)25(17)23/h1-16,28-29H. The van der Waals surface area contributed by atoms with E-state index in [1.807, 2.05) is 24.3 Å². The molecule has 2 heteroatoms. The van der Waals surface area contributed by atoms with Gasteiger partial charge in [0.1, 0.15) is 11.5 Å². The molecular formula is C27H18O2. The third-order valence-electron chi connectivity index (χ3n) is 6.29. The van der Waals surface area contributed by atoms with Crippen LogP contribution in [-0.4, -0.2) is 10.2 Å². The van der Waals surface area contributed by atoms with E-state index in [2.05, 4.69) is 48.5 Å². The van der Waals surface area contributed by atoms with Crippen molar-refractivity contribution >= 4 is 21.5 Å². The molecule has 138 valence electrons. The second kappa shape index (κ2) is 5.62. The first kappa shape index (κ1) is 16.2. The van der Waals surface area contributed by atoms with E-state index in [4.69, 9.17) is 0 Å². The van der Waals surface area contributed by atoms with Gasteiger partial charge in [0.15, 0.2) is 0 Å². The van der Waals surface area contributed by atoms with Gasteiger partial charge in [-0.3, -0.25) is 0 Å². The minimum absolute atomic E-state index is 0.251. The molecule has 0 saturated carbocycles. The van der Waals surface area contributed by atoms with E-state index in [-0.39, 0.29) is 11.5 Å². The summed E-state index contributed by atoms with van der Waals surface area (Å²) in [5.41, 5.74) is 4.15. The van der Waals surface area contributed by atoms with E-state index in [1.54, 1.807) is 24.3 Å². The predicted molar refractivity (Wildman–Crippen MR) is 117 cm³/mol. The summed E-state index contributed by atoms with van der Waals surface area (Å²) in [7, 11) is 0. The molecule has 1 aliphatic carbocycles. The maximum absolute atomic E-state index is 9.94. The lowest BCUT2D eigenvalue weighted by Gasteiger charge is -2.34. The summed E-state index contributed by atoms with van der Waals surface area (Å²) in [4.78, 5) is 0. The van der Waals surface area contributed by atoms with Gasteiger partial charge in [-0.05, 0) is 68.1 Å². The zero-order valence-electron chi connectivity index (χ0n) is 15.6. The van der Waals surface area contributed by atoms with Gasteiger partial charge in [0.2, 0.25) is 0 Å². The van der Waals surface area contributed by atoms with Crippen LogP contribution in [0.4, 0.5) is 0 Å². The Labute approximate surface area is 168 Å². The van der Waals surface area contributed by atoms with Gasteiger partial charge in [-0.1, -0.05) is 72.8 Å². The van der Waals surface area contributed by atoms with E-state index in [9.17, 15) is 10.2 Å². The molecule has 0 unspecified atom stereocenters. The molecule has 6 rings (SSSR count). The largest absolute Gasteiger partial charge is 0.508 e. The lowest BCUT2D eigenvalue weighted by Crippen LogP contribution is -2.28. The van der Waals surface area contributed by atoms with Gasteiger partial charge >= 0.3 is 0 Å². The van der Waals surface area contributed by atoms with E-state index in [1.165, 1.54) is 32.7 Å². The number of hydrogen-bond donors (Lipinski definition) is 2. The number of hydrogen-bond acceptors (Lipinski definition) is 2. The van der Waals surface area contributed by atoms with Gasteiger partial charge in [-0.2, -0.15) is 0 Å². The maximum atomic E-state index is 9.94. The second-order valence-electron chi connectivity index (χ2n) is 7.72. The van der Waals surface area contributed by atoms with Crippen LogP contribution in [0.1, 0.15) is 22.3 Å². The van der Waals surface area contributed by atoms with Crippen molar-refractivity contribution in [1.29, 1.82) is 0 Å². The fraction of sp³-hybridized carbons (Fsp3) is 0.0370. The van der Waals surface area contributed by atoms with Crippen LogP contribution in [0.3, 0.4) is 0 Å². The highest BCUT2D eigenvalue weighted by Crippen LogP contribution is 2.55. The molecule has 0 heterocycles. The Hall–Kier alpha value is -3.78. The molecule has 1 aliphatic rings. The maximum Gasteiger partial charge on any atom is 0.115 e. The fourth-order valence-electron chi connectivity index (χ4n) is 5.14. The van der Waals surface area contributed by atoms with Crippen LogP contribution < -0.4 is 0 Å². The SMILES string of the molecule is Oc1ccc(C2(c3ccc(O)cc3)c3cccc4ccc5cccc2c5c34)cc1. The Morgan fingerprint density at radius 2 is 0.862 bits per heavy atom. The van der Waals surface area contributed by atoms with Gasteiger partial charge in [-0.15, -0.1) is 0 Å². The molecule has 0 fully saturated rings. The minimum atomic E-state index is -0.510. The monoisotopic (exact) mass is 374 g/mol. The summed E-state index contributed by atoms with van der Waals surface area (Å²) in [5.74, 6) is 0.503. The smallest absolute Gasteiger partial charge is 0.115 e. The molecule has 0 radical (unpaired) electrons. The number of rotatable bonds is 2. The summed E-state index contributed by atoms with van der Waals surface area (Å²) in [6, 6.07) is 32.4. The van der Waals surface area contributed by atoms with Crippen molar-refractivity contribution in [1.82, 2.24) is 0 Å². The van der Waals surface area contributed by atoms with Gasteiger partial charge < -0.3 is 10.2 Å². The summed E-state index contributed by atoms with van der Waals surface area (Å²) >= 11 is 0. The molecule has 5 aromatic rings. The van der Waals surface area contributed by atoms with Crippen LogP contribution in [0, 0.1) is 0 Å². The van der Waals surface area contributed by atoms with Gasteiger partial charge in [-0.25, -0.2) is 0 Å². The molecule has 0 saturated heterocycles. The lowest BCUT2D eigenvalue weighted by molar-refractivity contribution is 0.475. The summed E-state index contributed by atoms with van der Waals surface area (Å²) in [6.07, 6.45) is 0. The van der Waals surface area contributed by atoms with Crippen LogP contribution in [0.2, 0.25) is 0 Å². The quantitative estimate of drug-likeness (QED) is 0.360. The van der Waals surface area contributed by atoms with Crippen molar-refractivity contribution in [2.75, 3.05) is 0 Å². The molecule has 5 aromatic carbocycles. The van der Waals surface area contributed by atoms with Crippen LogP contribution in [0.5, 0.6) is 11.5 Å². The Bertz CT molecular complexity index is 1290. The average Bonchev–Trinajstić information content (AvgIpc) is 3.06. The van der Waals surface area contributed by atoms with Crippen LogP contribution in [0.25, 0.3) is 21.5 Å². The number of aromatic hydroxyl groups is 2. The van der Waals surface area contributed by atoms with E-state index in [0.29, 0.717) is 0 Å². The normalized spacial score (nSPS) is 14.1. The number of phenolic OH excluding ortho intramolecular Hbond substituents is 2.